The van der Waals surface area contributed by atoms with E-state index in [0.717, 1.165) is 31.2 Å². The number of aryl methyl sites for hydroxylation is 1. The van der Waals surface area contributed by atoms with E-state index in [1.807, 2.05) is 32.0 Å². The maximum atomic E-state index is 13.3. The highest BCUT2D eigenvalue weighted by molar-refractivity contribution is 7.89. The third-order valence-corrected chi connectivity index (χ3v) is 7.87. The van der Waals surface area contributed by atoms with E-state index in [-0.39, 0.29) is 34.7 Å². The molecule has 2 amide bonds. The molecule has 1 fully saturated rings. The number of nitrogens with zero attached hydrogens (tertiary/aromatic N) is 1. The lowest BCUT2D eigenvalue weighted by Gasteiger charge is -2.32. The van der Waals surface area contributed by atoms with Crippen LogP contribution in [0, 0.1) is 0 Å². The summed E-state index contributed by atoms with van der Waals surface area (Å²) in [7, 11) is -2.45. The Kier molecular flexibility index (Phi) is 8.10. The molecule has 0 aromatic heterocycles. The molecule has 1 heterocycles. The minimum atomic E-state index is -3.84. The lowest BCUT2D eigenvalue weighted by atomic mass is 10.1. The zero-order valence-corrected chi connectivity index (χ0v) is 20.1. The average Bonchev–Trinajstić information content (AvgIpc) is 2.82. The van der Waals surface area contributed by atoms with Gasteiger partial charge >= 0.3 is 0 Å². The molecule has 3 rings (SSSR count). The molecule has 1 unspecified atom stereocenters. The molecular formula is C24H31N3O5S. The number of carbonyl (C=O) groups is 2. The Balaban J connectivity index is 1.74. The van der Waals surface area contributed by atoms with Gasteiger partial charge < -0.3 is 15.4 Å². The van der Waals surface area contributed by atoms with Gasteiger partial charge in [-0.25, -0.2) is 8.42 Å². The van der Waals surface area contributed by atoms with Crippen molar-refractivity contribution < 1.29 is 22.7 Å². The van der Waals surface area contributed by atoms with Gasteiger partial charge in [0.05, 0.1) is 13.7 Å². The third kappa shape index (κ3) is 5.72. The van der Waals surface area contributed by atoms with Gasteiger partial charge in [0.2, 0.25) is 15.9 Å². The molecule has 9 heteroatoms. The van der Waals surface area contributed by atoms with Gasteiger partial charge in [-0.15, -0.1) is 0 Å². The topological polar surface area (TPSA) is 105 Å². The summed E-state index contributed by atoms with van der Waals surface area (Å²) in [6.07, 6.45) is 3.33. The number of nitrogens with one attached hydrogen (secondary N) is 2. The monoisotopic (exact) mass is 473 g/mol. The first kappa shape index (κ1) is 24.7. The van der Waals surface area contributed by atoms with Crippen molar-refractivity contribution in [2.45, 2.75) is 50.5 Å². The molecule has 0 saturated carbocycles. The number of carbonyl (C=O) groups excluding carboxylic acids is 2. The molecule has 1 aliphatic heterocycles. The Labute approximate surface area is 195 Å². The zero-order valence-electron chi connectivity index (χ0n) is 19.3. The summed E-state index contributed by atoms with van der Waals surface area (Å²) in [6.45, 7) is 4.07. The molecule has 0 bridgehead atoms. The van der Waals surface area contributed by atoms with Gasteiger partial charge in [0.15, 0.2) is 0 Å². The maximum absolute atomic E-state index is 13.3. The summed E-state index contributed by atoms with van der Waals surface area (Å²) >= 11 is 0. The van der Waals surface area contributed by atoms with Crippen molar-refractivity contribution in [1.29, 1.82) is 0 Å². The number of hydrogen-bond donors (Lipinski definition) is 2. The summed E-state index contributed by atoms with van der Waals surface area (Å²) in [5.41, 5.74) is 1.84. The van der Waals surface area contributed by atoms with Crippen LogP contribution in [-0.2, 0) is 21.2 Å². The fourth-order valence-electron chi connectivity index (χ4n) is 3.98. The molecule has 1 aliphatic rings. The first-order valence-corrected chi connectivity index (χ1v) is 12.6. The van der Waals surface area contributed by atoms with Crippen LogP contribution in [0.5, 0.6) is 5.75 Å². The molecule has 8 nitrogen and oxygen atoms in total. The molecule has 1 atom stereocenters. The van der Waals surface area contributed by atoms with E-state index in [0.29, 0.717) is 12.2 Å². The van der Waals surface area contributed by atoms with Crippen LogP contribution >= 0.6 is 0 Å². The number of anilines is 1. The lowest BCUT2D eigenvalue weighted by molar-refractivity contribution is -0.115. The number of sulfonamides is 1. The smallest absolute Gasteiger partial charge is 0.251 e. The summed E-state index contributed by atoms with van der Waals surface area (Å²) < 4.78 is 33.4. The molecule has 0 spiro atoms. The number of amides is 2. The SMILES string of the molecule is CCc1ccccc1NC(=O)CNC(=O)c1ccc(OC)c(S(=O)(=O)N2CCCCC2C)c1. The Hall–Kier alpha value is -2.91. The number of methoxy groups -OCH3 is 1. The average molecular weight is 474 g/mol. The van der Waals surface area contributed by atoms with Crippen LogP contribution in [-0.4, -0.2) is 50.8 Å². The van der Waals surface area contributed by atoms with Gasteiger partial charge in [-0.3, -0.25) is 9.59 Å². The van der Waals surface area contributed by atoms with Crippen molar-refractivity contribution in [3.05, 3.63) is 53.6 Å². The van der Waals surface area contributed by atoms with Crippen LogP contribution < -0.4 is 15.4 Å². The van der Waals surface area contributed by atoms with Crippen molar-refractivity contribution in [3.63, 3.8) is 0 Å². The van der Waals surface area contributed by atoms with Crippen LogP contribution in [0.3, 0.4) is 0 Å². The molecular weight excluding hydrogens is 442 g/mol. The Morgan fingerprint density at radius 2 is 1.91 bits per heavy atom. The number of hydrogen-bond acceptors (Lipinski definition) is 5. The van der Waals surface area contributed by atoms with Crippen LogP contribution in [0.4, 0.5) is 5.69 Å². The number of piperidine rings is 1. The van der Waals surface area contributed by atoms with Crippen molar-refractivity contribution in [1.82, 2.24) is 9.62 Å². The molecule has 0 aliphatic carbocycles. The minimum absolute atomic E-state index is 0.0484. The molecule has 2 N–H and O–H groups in total. The number of benzene rings is 2. The van der Waals surface area contributed by atoms with E-state index >= 15 is 0 Å². The van der Waals surface area contributed by atoms with Gasteiger partial charge in [0.1, 0.15) is 10.6 Å². The zero-order chi connectivity index (χ0) is 24.0. The van der Waals surface area contributed by atoms with Crippen LogP contribution in [0.25, 0.3) is 0 Å². The van der Waals surface area contributed by atoms with Crippen molar-refractivity contribution in [2.75, 3.05) is 25.5 Å². The van der Waals surface area contributed by atoms with E-state index in [1.54, 1.807) is 6.07 Å². The fourth-order valence-corrected chi connectivity index (χ4v) is 5.87. The molecule has 2 aromatic rings. The molecule has 1 saturated heterocycles. The predicted molar refractivity (Wildman–Crippen MR) is 127 cm³/mol. The lowest BCUT2D eigenvalue weighted by Crippen LogP contribution is -2.42. The summed E-state index contributed by atoms with van der Waals surface area (Å²) in [5.74, 6) is -0.731. The van der Waals surface area contributed by atoms with E-state index in [1.165, 1.54) is 29.6 Å². The van der Waals surface area contributed by atoms with Crippen molar-refractivity contribution >= 4 is 27.5 Å². The van der Waals surface area contributed by atoms with Crippen LogP contribution in [0.2, 0.25) is 0 Å². The van der Waals surface area contributed by atoms with Crippen LogP contribution in [0.15, 0.2) is 47.4 Å². The number of para-hydroxylation sites is 1. The van der Waals surface area contributed by atoms with E-state index in [9.17, 15) is 18.0 Å². The highest BCUT2D eigenvalue weighted by Crippen LogP contribution is 2.31. The number of ether oxygens (including phenoxy) is 1. The van der Waals surface area contributed by atoms with Gasteiger partial charge in [0, 0.05) is 23.8 Å². The van der Waals surface area contributed by atoms with E-state index in [4.69, 9.17) is 4.74 Å². The van der Waals surface area contributed by atoms with E-state index in [2.05, 4.69) is 10.6 Å². The second-order valence-corrected chi connectivity index (χ2v) is 9.93. The van der Waals surface area contributed by atoms with Crippen molar-refractivity contribution in [3.8, 4) is 5.75 Å². The second kappa shape index (κ2) is 10.8. The first-order valence-electron chi connectivity index (χ1n) is 11.1. The van der Waals surface area contributed by atoms with Gasteiger partial charge in [-0.05, 0) is 56.0 Å². The van der Waals surface area contributed by atoms with Gasteiger partial charge in [0.25, 0.3) is 5.91 Å². The second-order valence-electron chi connectivity index (χ2n) is 8.07. The van der Waals surface area contributed by atoms with Gasteiger partial charge in [-0.2, -0.15) is 4.31 Å². The summed E-state index contributed by atoms with van der Waals surface area (Å²) in [5, 5.41) is 5.35. The Bertz CT molecular complexity index is 1120. The molecule has 33 heavy (non-hydrogen) atoms. The van der Waals surface area contributed by atoms with Crippen molar-refractivity contribution in [2.24, 2.45) is 0 Å². The highest BCUT2D eigenvalue weighted by Gasteiger charge is 2.33. The fraction of sp³-hybridized carbons (Fsp3) is 0.417. The largest absolute Gasteiger partial charge is 0.495 e. The third-order valence-electron chi connectivity index (χ3n) is 5.84. The Morgan fingerprint density at radius 1 is 1.15 bits per heavy atom. The molecule has 0 radical (unpaired) electrons. The predicted octanol–water partition coefficient (Wildman–Crippen LogP) is 3.19. The quantitative estimate of drug-likeness (QED) is 0.613. The van der Waals surface area contributed by atoms with Crippen LogP contribution in [0.1, 0.15) is 49.0 Å². The standard InChI is InChI=1S/C24H31N3O5S/c1-4-18-10-5-6-11-20(18)26-23(28)16-25-24(29)19-12-13-21(32-3)22(15-19)33(30,31)27-14-8-7-9-17(27)2/h5-6,10-13,15,17H,4,7-9,14,16H2,1-3H3,(H,25,29)(H,26,28). The summed E-state index contributed by atoms with van der Waals surface area (Å²) in [4.78, 5) is 25.0. The maximum Gasteiger partial charge on any atom is 0.251 e. The normalized spacial score (nSPS) is 16.8. The van der Waals surface area contributed by atoms with E-state index < -0.39 is 15.9 Å². The molecule has 2 aromatic carbocycles. The highest BCUT2D eigenvalue weighted by atomic mass is 32.2. The summed E-state index contributed by atoms with van der Waals surface area (Å²) in [6, 6.07) is 11.6. The Morgan fingerprint density at radius 3 is 2.61 bits per heavy atom. The molecule has 178 valence electrons. The van der Waals surface area contributed by atoms with Gasteiger partial charge in [-0.1, -0.05) is 31.5 Å². The number of rotatable bonds is 8. The first-order chi connectivity index (χ1) is 15.8. The minimum Gasteiger partial charge on any atom is -0.495 e.